The van der Waals surface area contributed by atoms with Gasteiger partial charge in [0.15, 0.2) is 6.10 Å². The second-order valence-electron chi connectivity index (χ2n) is 17.0. The molecule has 0 bridgehead atoms. The molecule has 1 atom stereocenters. The molecular weight excluding hydrogens is 813 g/mol. The van der Waals surface area contributed by atoms with Gasteiger partial charge >= 0.3 is 11.9 Å². The van der Waals surface area contributed by atoms with Crippen molar-refractivity contribution in [3.8, 4) is 0 Å². The molecule has 0 aromatic rings. The maximum atomic E-state index is 12.8. The van der Waals surface area contributed by atoms with Gasteiger partial charge in [-0.2, -0.15) is 0 Å². The van der Waals surface area contributed by atoms with E-state index in [2.05, 4.69) is 154 Å². The third kappa shape index (κ3) is 52.7. The second kappa shape index (κ2) is 55.4. The fourth-order valence-corrected chi connectivity index (χ4v) is 6.77. The number of rotatable bonds is 47. The zero-order valence-electron chi connectivity index (χ0n) is 42.7. The molecule has 0 aromatic heterocycles. The summed E-state index contributed by atoms with van der Waals surface area (Å²) in [6.45, 7) is 7.32. The van der Waals surface area contributed by atoms with Crippen LogP contribution in [0.2, 0.25) is 0 Å². The summed E-state index contributed by atoms with van der Waals surface area (Å²) >= 11 is 0. The highest BCUT2D eigenvalue weighted by Crippen LogP contribution is 2.13. The molecule has 5 heteroatoms. The normalized spacial score (nSPS) is 13.3. The summed E-state index contributed by atoms with van der Waals surface area (Å²) < 4.78 is 17.3. The first-order valence-corrected chi connectivity index (χ1v) is 26.7. The van der Waals surface area contributed by atoms with E-state index in [1.165, 1.54) is 51.4 Å². The van der Waals surface area contributed by atoms with Gasteiger partial charge < -0.3 is 14.2 Å². The molecule has 0 rings (SSSR count). The van der Waals surface area contributed by atoms with E-state index in [0.29, 0.717) is 19.4 Å². The Kier molecular flexibility index (Phi) is 52.0. The van der Waals surface area contributed by atoms with Gasteiger partial charge in [-0.3, -0.25) is 9.59 Å². The Bertz CT molecular complexity index is 1400. The minimum absolute atomic E-state index is 0.0308. The van der Waals surface area contributed by atoms with E-state index in [-0.39, 0.29) is 25.2 Å². The van der Waals surface area contributed by atoms with Crippen LogP contribution in [0, 0.1) is 0 Å². The van der Waals surface area contributed by atoms with Crippen LogP contribution in [0.5, 0.6) is 0 Å². The molecular formula is C61H98O5. The molecule has 0 spiro atoms. The Labute approximate surface area is 407 Å². The van der Waals surface area contributed by atoms with E-state index in [9.17, 15) is 9.59 Å². The lowest BCUT2D eigenvalue weighted by Gasteiger charge is -2.18. The SMILES string of the molecule is CC/C=C\C/C=C\C/C=C\C/C=C\C/C=C\CCOCC(COC(=O)CCCCCC/C=C\C/C=C\C/C=C\C/C=C\CC)OC(=O)CCCCCCCCC/C=C\C/C=C\CCCCC. The molecule has 0 saturated heterocycles. The number of hydrogen-bond acceptors (Lipinski definition) is 5. The average Bonchev–Trinajstić information content (AvgIpc) is 3.32. The Hall–Kier alpha value is -3.96. The van der Waals surface area contributed by atoms with Crippen LogP contribution < -0.4 is 0 Å². The van der Waals surface area contributed by atoms with E-state index in [4.69, 9.17) is 14.2 Å². The molecule has 0 amide bonds. The van der Waals surface area contributed by atoms with Gasteiger partial charge in [0, 0.05) is 12.8 Å². The molecule has 0 heterocycles. The van der Waals surface area contributed by atoms with Gasteiger partial charge in [0.1, 0.15) is 6.61 Å². The smallest absolute Gasteiger partial charge is 0.306 e. The standard InChI is InChI=1S/C61H98O5/c1-4-7-10-13-16-19-22-25-28-31-33-36-39-42-45-48-51-54-60(62)65-58-59(57-64-56-53-50-47-44-41-38-35-30-27-24-21-18-15-12-9-6-3)66-61(63)55-52-49-46-43-40-37-34-32-29-26-23-20-17-14-11-8-5-2/h7,9-10,12,16-21,25-30,33,36,38,41,47,50,59H,4-6,8,11,13-15,22-24,31-32,34-35,37,39-40,42-46,48-49,51-58H2,1-3H3/b10-7-,12-9-,19-16-,20-17-,21-18-,28-25-,29-26-,30-27-,36-33-,41-38-,50-47-. The van der Waals surface area contributed by atoms with Gasteiger partial charge in [-0.1, -0.05) is 212 Å². The summed E-state index contributed by atoms with van der Waals surface area (Å²) in [4.78, 5) is 25.5. The minimum Gasteiger partial charge on any atom is -0.462 e. The molecule has 66 heavy (non-hydrogen) atoms. The lowest BCUT2D eigenvalue weighted by Crippen LogP contribution is -2.30. The first-order valence-electron chi connectivity index (χ1n) is 26.7. The summed E-state index contributed by atoms with van der Waals surface area (Å²) in [6.07, 6.45) is 79.1. The number of unbranched alkanes of at least 4 members (excludes halogenated alkanes) is 14. The second-order valence-corrected chi connectivity index (χ2v) is 17.0. The van der Waals surface area contributed by atoms with Crippen molar-refractivity contribution < 1.29 is 23.8 Å². The predicted octanol–water partition coefficient (Wildman–Crippen LogP) is 18.3. The van der Waals surface area contributed by atoms with Crippen LogP contribution in [0.3, 0.4) is 0 Å². The summed E-state index contributed by atoms with van der Waals surface area (Å²) in [5.74, 6) is -0.483. The van der Waals surface area contributed by atoms with Crippen molar-refractivity contribution in [2.45, 2.75) is 219 Å². The molecule has 0 aliphatic carbocycles. The number of esters is 2. The number of hydrogen-bond donors (Lipinski definition) is 0. The minimum atomic E-state index is -0.600. The summed E-state index contributed by atoms with van der Waals surface area (Å²) in [5.41, 5.74) is 0. The van der Waals surface area contributed by atoms with E-state index in [1.807, 2.05) is 0 Å². The third-order valence-electron chi connectivity index (χ3n) is 10.7. The molecule has 0 fully saturated rings. The van der Waals surface area contributed by atoms with Gasteiger partial charge in [-0.15, -0.1) is 0 Å². The molecule has 0 N–H and O–H groups in total. The lowest BCUT2D eigenvalue weighted by atomic mass is 10.1. The van der Waals surface area contributed by atoms with Crippen molar-refractivity contribution in [2.24, 2.45) is 0 Å². The van der Waals surface area contributed by atoms with Gasteiger partial charge in [0.05, 0.1) is 13.2 Å². The molecule has 0 aromatic carbocycles. The predicted molar refractivity (Wildman–Crippen MR) is 288 cm³/mol. The van der Waals surface area contributed by atoms with Gasteiger partial charge in [0.25, 0.3) is 0 Å². The van der Waals surface area contributed by atoms with E-state index >= 15 is 0 Å². The molecule has 0 aliphatic rings. The van der Waals surface area contributed by atoms with Crippen LogP contribution in [-0.2, 0) is 23.8 Å². The zero-order chi connectivity index (χ0) is 47.7. The van der Waals surface area contributed by atoms with E-state index in [1.54, 1.807) is 0 Å². The van der Waals surface area contributed by atoms with Crippen molar-refractivity contribution in [1.82, 2.24) is 0 Å². The fourth-order valence-electron chi connectivity index (χ4n) is 6.77. The fraction of sp³-hybridized carbons (Fsp3) is 0.607. The Morgan fingerprint density at radius 1 is 0.348 bits per heavy atom. The number of ether oxygens (including phenoxy) is 3. The van der Waals surface area contributed by atoms with Crippen LogP contribution >= 0.6 is 0 Å². The highest BCUT2D eigenvalue weighted by Gasteiger charge is 2.17. The average molecular weight is 911 g/mol. The number of carbonyl (C=O) groups is 2. The lowest BCUT2D eigenvalue weighted by molar-refractivity contribution is -0.162. The zero-order valence-corrected chi connectivity index (χ0v) is 42.7. The van der Waals surface area contributed by atoms with Gasteiger partial charge in [-0.05, 0) is 122 Å². The summed E-state index contributed by atoms with van der Waals surface area (Å²) in [6, 6.07) is 0. The summed E-state index contributed by atoms with van der Waals surface area (Å²) in [7, 11) is 0. The van der Waals surface area contributed by atoms with Gasteiger partial charge in [0.2, 0.25) is 0 Å². The highest BCUT2D eigenvalue weighted by atomic mass is 16.6. The molecule has 5 nitrogen and oxygen atoms in total. The maximum Gasteiger partial charge on any atom is 0.306 e. The maximum absolute atomic E-state index is 12.8. The number of allylic oxidation sites excluding steroid dienone is 21. The Morgan fingerprint density at radius 3 is 1.09 bits per heavy atom. The van der Waals surface area contributed by atoms with Crippen molar-refractivity contribution in [3.05, 3.63) is 134 Å². The highest BCUT2D eigenvalue weighted by molar-refractivity contribution is 5.70. The van der Waals surface area contributed by atoms with E-state index < -0.39 is 6.10 Å². The van der Waals surface area contributed by atoms with Crippen molar-refractivity contribution in [1.29, 1.82) is 0 Å². The topological polar surface area (TPSA) is 61.8 Å². The van der Waals surface area contributed by atoms with Crippen LogP contribution in [-0.4, -0.2) is 37.9 Å². The largest absolute Gasteiger partial charge is 0.462 e. The van der Waals surface area contributed by atoms with Crippen LogP contribution in [0.25, 0.3) is 0 Å². The molecule has 372 valence electrons. The number of carbonyl (C=O) groups excluding carboxylic acids is 2. The van der Waals surface area contributed by atoms with Crippen molar-refractivity contribution in [3.63, 3.8) is 0 Å². The third-order valence-corrected chi connectivity index (χ3v) is 10.7. The van der Waals surface area contributed by atoms with Crippen LogP contribution in [0.15, 0.2) is 134 Å². The monoisotopic (exact) mass is 911 g/mol. The van der Waals surface area contributed by atoms with Crippen molar-refractivity contribution in [2.75, 3.05) is 19.8 Å². The van der Waals surface area contributed by atoms with Crippen LogP contribution in [0.1, 0.15) is 213 Å². The molecule has 0 radical (unpaired) electrons. The first-order chi connectivity index (χ1) is 32.6. The van der Waals surface area contributed by atoms with Gasteiger partial charge in [-0.25, -0.2) is 0 Å². The first kappa shape index (κ1) is 62.0. The van der Waals surface area contributed by atoms with Crippen molar-refractivity contribution >= 4 is 11.9 Å². The quantitative estimate of drug-likeness (QED) is 0.0346. The molecule has 1 unspecified atom stereocenters. The Balaban J connectivity index is 4.47. The van der Waals surface area contributed by atoms with Crippen LogP contribution in [0.4, 0.5) is 0 Å². The van der Waals surface area contributed by atoms with E-state index in [0.717, 1.165) is 128 Å². The molecule has 0 saturated carbocycles. The summed E-state index contributed by atoms with van der Waals surface area (Å²) in [5, 5.41) is 0. The Morgan fingerprint density at radius 2 is 0.682 bits per heavy atom. The molecule has 0 aliphatic heterocycles.